The quantitative estimate of drug-likeness (QED) is 0.255. The summed E-state index contributed by atoms with van der Waals surface area (Å²) in [5, 5.41) is 21.5. The normalized spacial score (nSPS) is 36.1. The number of fused-ring (bicyclic) bond motifs is 4. The van der Waals surface area contributed by atoms with E-state index >= 15 is 0 Å². The van der Waals surface area contributed by atoms with Crippen LogP contribution >= 0.6 is 0 Å². The molecule has 8 nitrogen and oxygen atoms in total. The summed E-state index contributed by atoms with van der Waals surface area (Å²) in [5.74, 6) is -2.18. The zero-order valence-corrected chi connectivity index (χ0v) is 18.6. The van der Waals surface area contributed by atoms with Gasteiger partial charge in [0.2, 0.25) is 11.8 Å². The number of hydrogen-bond acceptors (Lipinski definition) is 5. The van der Waals surface area contributed by atoms with Crippen molar-refractivity contribution in [3.8, 4) is 0 Å². The number of carboxylic acids is 1. The topological polar surface area (TPSA) is 116 Å². The third-order valence-electron chi connectivity index (χ3n) is 8.00. The van der Waals surface area contributed by atoms with Crippen LogP contribution in [0, 0.1) is 47.3 Å². The van der Waals surface area contributed by atoms with Crippen molar-refractivity contribution in [1.82, 2.24) is 10.2 Å². The van der Waals surface area contributed by atoms with Crippen LogP contribution in [0.4, 0.5) is 0 Å². The zero-order chi connectivity index (χ0) is 22.8. The van der Waals surface area contributed by atoms with Gasteiger partial charge in [-0.25, -0.2) is 4.89 Å². The first kappa shape index (κ1) is 23.0. The van der Waals surface area contributed by atoms with Crippen molar-refractivity contribution in [3.05, 3.63) is 24.3 Å². The van der Waals surface area contributed by atoms with Gasteiger partial charge in [-0.3, -0.25) is 19.6 Å². The van der Waals surface area contributed by atoms with E-state index in [0.717, 1.165) is 25.7 Å². The number of carbonyl (C=O) groups is 3. The van der Waals surface area contributed by atoms with Crippen LogP contribution in [0.15, 0.2) is 24.3 Å². The summed E-state index contributed by atoms with van der Waals surface area (Å²) in [7, 11) is 0. The fourth-order valence-corrected chi connectivity index (χ4v) is 6.44. The second-order valence-electron chi connectivity index (χ2n) is 9.74. The lowest BCUT2D eigenvalue weighted by atomic mass is 9.82. The maximum Gasteiger partial charge on any atom is 0.307 e. The Kier molecular flexibility index (Phi) is 7.00. The molecule has 8 atom stereocenters. The zero-order valence-electron chi connectivity index (χ0n) is 18.6. The lowest BCUT2D eigenvalue weighted by molar-refractivity contribution is -0.254. The molecule has 2 fully saturated rings. The smallest absolute Gasteiger partial charge is 0.307 e. The maximum absolute atomic E-state index is 13.5. The summed E-state index contributed by atoms with van der Waals surface area (Å²) < 4.78 is 0. The van der Waals surface area contributed by atoms with Gasteiger partial charge in [0.1, 0.15) is 0 Å². The van der Waals surface area contributed by atoms with E-state index in [-0.39, 0.29) is 53.9 Å². The Morgan fingerprint density at radius 3 is 2.25 bits per heavy atom. The molecule has 0 radical (unpaired) electrons. The number of carbonyl (C=O) groups excluding carboxylic acids is 2. The molecule has 2 saturated carbocycles. The average Bonchev–Trinajstić information content (AvgIpc) is 3.56. The molecule has 0 saturated heterocycles. The molecule has 3 N–H and O–H groups in total. The molecule has 0 aromatic rings. The minimum Gasteiger partial charge on any atom is -0.481 e. The summed E-state index contributed by atoms with van der Waals surface area (Å²) in [5.41, 5.74) is 0. The fourth-order valence-electron chi connectivity index (χ4n) is 6.44. The number of amides is 2. The average molecular weight is 447 g/mol. The van der Waals surface area contributed by atoms with Gasteiger partial charge in [-0.1, -0.05) is 37.6 Å². The van der Waals surface area contributed by atoms with Crippen molar-refractivity contribution >= 4 is 17.8 Å². The minimum absolute atomic E-state index is 0.0148. The maximum atomic E-state index is 13.5. The molecule has 176 valence electrons. The number of rotatable bonds is 11. The molecule has 0 aromatic carbocycles. The number of unbranched alkanes of at least 4 members (excludes halogenated alkanes) is 1. The molecule has 0 spiro atoms. The van der Waals surface area contributed by atoms with E-state index in [1.165, 1.54) is 0 Å². The van der Waals surface area contributed by atoms with E-state index in [0.29, 0.717) is 19.6 Å². The highest BCUT2D eigenvalue weighted by Gasteiger charge is 2.52. The van der Waals surface area contributed by atoms with Gasteiger partial charge in [-0.05, 0) is 42.9 Å². The summed E-state index contributed by atoms with van der Waals surface area (Å²) >= 11 is 0. The standard InChI is InChI=1S/C24H34N2O6/c1-2-3-9-26(23(28)19-15-5-4-14(11-15)18(19)13-32-31)10-8-25-22(27)20-16-6-7-17(12-16)21(20)24(29)30/h4-7,14-21,31H,2-3,8-13H2,1H3,(H,25,27)(H,29,30). The summed E-state index contributed by atoms with van der Waals surface area (Å²) in [4.78, 5) is 44.2. The van der Waals surface area contributed by atoms with Gasteiger partial charge in [0.15, 0.2) is 0 Å². The Labute approximate surface area is 188 Å². The molecule has 4 rings (SSSR count). The summed E-state index contributed by atoms with van der Waals surface area (Å²) in [6.07, 6.45) is 11.6. The fraction of sp³-hybridized carbons (Fsp3) is 0.708. The Morgan fingerprint density at radius 1 is 0.969 bits per heavy atom. The van der Waals surface area contributed by atoms with E-state index in [1.807, 2.05) is 17.1 Å². The van der Waals surface area contributed by atoms with Gasteiger partial charge in [-0.15, -0.1) is 0 Å². The Balaban J connectivity index is 1.36. The third-order valence-corrected chi connectivity index (χ3v) is 8.00. The lowest BCUT2D eigenvalue weighted by Crippen LogP contribution is -2.47. The molecule has 8 heteroatoms. The molecular weight excluding hydrogens is 412 g/mol. The predicted molar refractivity (Wildman–Crippen MR) is 116 cm³/mol. The molecular formula is C24H34N2O6. The first-order valence-electron chi connectivity index (χ1n) is 11.9. The highest BCUT2D eigenvalue weighted by molar-refractivity contribution is 5.87. The lowest BCUT2D eigenvalue weighted by Gasteiger charge is -2.32. The summed E-state index contributed by atoms with van der Waals surface area (Å²) in [6.45, 7) is 3.53. The van der Waals surface area contributed by atoms with Gasteiger partial charge in [0, 0.05) is 25.6 Å². The highest BCUT2D eigenvalue weighted by atomic mass is 17.1. The molecule has 4 aliphatic carbocycles. The van der Waals surface area contributed by atoms with E-state index in [2.05, 4.69) is 29.3 Å². The molecule has 2 amide bonds. The second-order valence-corrected chi connectivity index (χ2v) is 9.74. The van der Waals surface area contributed by atoms with E-state index in [4.69, 9.17) is 5.26 Å². The number of aliphatic carboxylic acids is 1. The Bertz CT molecular complexity index is 795. The Morgan fingerprint density at radius 2 is 1.59 bits per heavy atom. The first-order valence-corrected chi connectivity index (χ1v) is 11.9. The Hall–Kier alpha value is -2.19. The number of allylic oxidation sites excluding steroid dienone is 4. The van der Waals surface area contributed by atoms with Gasteiger partial charge in [0.05, 0.1) is 24.4 Å². The van der Waals surface area contributed by atoms with E-state index in [1.54, 1.807) is 0 Å². The third kappa shape index (κ3) is 4.22. The molecule has 4 aliphatic rings. The molecule has 0 heterocycles. The van der Waals surface area contributed by atoms with Crippen LogP contribution in [0.25, 0.3) is 0 Å². The van der Waals surface area contributed by atoms with Gasteiger partial charge < -0.3 is 15.3 Å². The van der Waals surface area contributed by atoms with E-state index < -0.39 is 17.8 Å². The van der Waals surface area contributed by atoms with Crippen LogP contribution in [0.3, 0.4) is 0 Å². The van der Waals surface area contributed by atoms with E-state index in [9.17, 15) is 19.5 Å². The van der Waals surface area contributed by atoms with Crippen molar-refractivity contribution in [3.63, 3.8) is 0 Å². The molecule has 32 heavy (non-hydrogen) atoms. The molecule has 0 aliphatic heterocycles. The predicted octanol–water partition coefficient (Wildman–Crippen LogP) is 2.18. The van der Waals surface area contributed by atoms with Crippen LogP contribution in [0.5, 0.6) is 0 Å². The van der Waals surface area contributed by atoms with Crippen molar-refractivity contribution in [2.24, 2.45) is 47.3 Å². The molecule has 0 aromatic heterocycles. The van der Waals surface area contributed by atoms with Crippen molar-refractivity contribution in [2.45, 2.75) is 32.6 Å². The second kappa shape index (κ2) is 9.75. The summed E-state index contributed by atoms with van der Waals surface area (Å²) in [6, 6.07) is 0. The number of hydrogen-bond donors (Lipinski definition) is 3. The van der Waals surface area contributed by atoms with Crippen molar-refractivity contribution < 1.29 is 29.6 Å². The van der Waals surface area contributed by atoms with Crippen LogP contribution in [0.2, 0.25) is 0 Å². The monoisotopic (exact) mass is 446 g/mol. The molecule has 4 bridgehead atoms. The highest BCUT2D eigenvalue weighted by Crippen LogP contribution is 2.49. The van der Waals surface area contributed by atoms with Crippen LogP contribution in [0.1, 0.15) is 32.6 Å². The first-order chi connectivity index (χ1) is 15.5. The van der Waals surface area contributed by atoms with Crippen molar-refractivity contribution in [1.29, 1.82) is 0 Å². The largest absolute Gasteiger partial charge is 0.481 e. The van der Waals surface area contributed by atoms with Gasteiger partial charge >= 0.3 is 5.97 Å². The van der Waals surface area contributed by atoms with Crippen LogP contribution < -0.4 is 5.32 Å². The minimum atomic E-state index is -0.914. The number of nitrogens with one attached hydrogen (secondary N) is 1. The SMILES string of the molecule is CCCCN(CCNC(=O)C1C2C=CC(C2)C1C(=O)O)C(=O)C1C2C=CC(C2)C1COO. The van der Waals surface area contributed by atoms with Crippen LogP contribution in [-0.2, 0) is 19.3 Å². The number of carboxylic acid groups (broad SMARTS) is 1. The van der Waals surface area contributed by atoms with Crippen LogP contribution in [-0.4, -0.2) is 59.3 Å². The number of nitrogens with zero attached hydrogens (tertiary/aromatic N) is 1. The van der Waals surface area contributed by atoms with Crippen molar-refractivity contribution in [2.75, 3.05) is 26.2 Å². The molecule has 8 unspecified atom stereocenters. The van der Waals surface area contributed by atoms with Gasteiger partial charge in [0.25, 0.3) is 0 Å². The van der Waals surface area contributed by atoms with Gasteiger partial charge in [-0.2, -0.15) is 0 Å².